The second-order valence-electron chi connectivity index (χ2n) is 8.51. The fourth-order valence-corrected chi connectivity index (χ4v) is 4.21. The third-order valence-corrected chi connectivity index (χ3v) is 5.93. The normalized spacial score (nSPS) is 18.7. The predicted molar refractivity (Wildman–Crippen MR) is 118 cm³/mol. The number of fused-ring (bicyclic) bond motifs is 2. The highest BCUT2D eigenvalue weighted by Crippen LogP contribution is 2.48. The van der Waals surface area contributed by atoms with Gasteiger partial charge in [0.1, 0.15) is 5.60 Å². The highest BCUT2D eigenvalue weighted by atomic mass is 16.3. The first-order chi connectivity index (χ1) is 13.8. The van der Waals surface area contributed by atoms with Crippen LogP contribution in [-0.2, 0) is 5.60 Å². The fraction of sp³-hybridized carbons (Fsp3) is 0.320. The van der Waals surface area contributed by atoms with Crippen molar-refractivity contribution >= 4 is 22.4 Å². The second kappa shape index (κ2) is 7.20. The Morgan fingerprint density at radius 3 is 2.76 bits per heavy atom. The molecule has 4 rings (SSSR count). The van der Waals surface area contributed by atoms with Gasteiger partial charge in [-0.3, -0.25) is 4.79 Å². The van der Waals surface area contributed by atoms with Gasteiger partial charge in [-0.1, -0.05) is 56.3 Å². The monoisotopic (exact) mass is 388 g/mol. The zero-order valence-corrected chi connectivity index (χ0v) is 17.3. The Bertz CT molecular complexity index is 1100. The van der Waals surface area contributed by atoms with Crippen LogP contribution in [0.5, 0.6) is 0 Å². The van der Waals surface area contributed by atoms with Crippen LogP contribution in [-0.4, -0.2) is 22.4 Å². The summed E-state index contributed by atoms with van der Waals surface area (Å²) >= 11 is 0. The molecule has 29 heavy (non-hydrogen) atoms. The minimum atomic E-state index is -1.40. The van der Waals surface area contributed by atoms with Crippen molar-refractivity contribution in [2.45, 2.75) is 39.2 Å². The maximum absolute atomic E-state index is 13.3. The van der Waals surface area contributed by atoms with Gasteiger partial charge in [-0.15, -0.1) is 0 Å². The van der Waals surface area contributed by atoms with Gasteiger partial charge in [0.25, 0.3) is 0 Å². The Hall–Kier alpha value is -2.85. The van der Waals surface area contributed by atoms with Crippen LogP contribution in [0.15, 0.2) is 60.9 Å². The molecule has 1 aliphatic heterocycles. The first kappa shape index (κ1) is 19.5. The Kier molecular flexibility index (Phi) is 4.83. The Morgan fingerprint density at radius 2 is 2.00 bits per heavy atom. The molecule has 150 valence electrons. The number of rotatable bonds is 6. The summed E-state index contributed by atoms with van der Waals surface area (Å²) in [5, 5.41) is 12.6. The molecule has 0 radical (unpaired) electrons. The summed E-state index contributed by atoms with van der Waals surface area (Å²) < 4.78 is 0. The lowest BCUT2D eigenvalue weighted by atomic mass is 9.86. The summed E-state index contributed by atoms with van der Waals surface area (Å²) in [6.45, 7) is 11.4. The van der Waals surface area contributed by atoms with E-state index in [1.165, 1.54) is 0 Å². The van der Waals surface area contributed by atoms with Crippen LogP contribution >= 0.6 is 0 Å². The molecule has 3 aromatic rings. The van der Waals surface area contributed by atoms with E-state index in [9.17, 15) is 9.90 Å². The van der Waals surface area contributed by atoms with Crippen molar-refractivity contribution in [2.75, 3.05) is 11.4 Å². The Morgan fingerprint density at radius 1 is 1.24 bits per heavy atom. The quantitative estimate of drug-likeness (QED) is 0.562. The van der Waals surface area contributed by atoms with Crippen molar-refractivity contribution in [3.8, 4) is 0 Å². The highest BCUT2D eigenvalue weighted by molar-refractivity contribution is 6.08. The van der Waals surface area contributed by atoms with E-state index in [0.29, 0.717) is 17.2 Å². The number of carbonyl (C=O) groups excluding carboxylic acids is 1. The third-order valence-electron chi connectivity index (χ3n) is 5.93. The molecule has 2 heterocycles. The van der Waals surface area contributed by atoms with Crippen molar-refractivity contribution in [2.24, 2.45) is 5.92 Å². The van der Waals surface area contributed by atoms with Crippen LogP contribution in [0.2, 0.25) is 0 Å². The first-order valence-electron chi connectivity index (χ1n) is 10.2. The molecule has 2 aromatic carbocycles. The number of aromatic amines is 1. The number of hydrogen-bond donors (Lipinski definition) is 2. The number of carbonyl (C=O) groups is 1. The van der Waals surface area contributed by atoms with E-state index >= 15 is 0 Å². The second-order valence-corrected chi connectivity index (χ2v) is 8.51. The van der Waals surface area contributed by atoms with Crippen molar-refractivity contribution in [1.82, 2.24) is 4.98 Å². The van der Waals surface area contributed by atoms with Crippen LogP contribution in [0.1, 0.15) is 48.2 Å². The van der Waals surface area contributed by atoms with Gasteiger partial charge in [-0.05, 0) is 31.4 Å². The van der Waals surface area contributed by atoms with E-state index in [1.54, 1.807) is 6.20 Å². The van der Waals surface area contributed by atoms with Gasteiger partial charge in [-0.2, -0.15) is 0 Å². The van der Waals surface area contributed by atoms with Crippen LogP contribution in [0.3, 0.4) is 0 Å². The minimum Gasteiger partial charge on any atom is -0.378 e. The number of Topliss-reactive ketones (excluding diaryl/α,β-unsaturated/α-hetero) is 1. The SMILES string of the molecule is C=C1N(CCC(C)C)c2ccc(C)cc2C1(O)CC(=O)c1c[nH]c2ccccc12. The van der Waals surface area contributed by atoms with E-state index in [0.717, 1.165) is 40.7 Å². The molecule has 1 atom stereocenters. The van der Waals surface area contributed by atoms with E-state index in [1.807, 2.05) is 49.4 Å². The molecule has 0 saturated heterocycles. The van der Waals surface area contributed by atoms with E-state index in [4.69, 9.17) is 0 Å². The molecule has 0 saturated carbocycles. The van der Waals surface area contributed by atoms with E-state index in [-0.39, 0.29) is 12.2 Å². The van der Waals surface area contributed by atoms with Crippen LogP contribution in [0, 0.1) is 12.8 Å². The lowest BCUT2D eigenvalue weighted by Crippen LogP contribution is -2.33. The summed E-state index contributed by atoms with van der Waals surface area (Å²) in [7, 11) is 0. The lowest BCUT2D eigenvalue weighted by molar-refractivity contribution is 0.0589. The molecule has 1 aromatic heterocycles. The number of hydrogen-bond acceptors (Lipinski definition) is 3. The summed E-state index contributed by atoms with van der Waals surface area (Å²) in [5.74, 6) is 0.447. The smallest absolute Gasteiger partial charge is 0.168 e. The summed E-state index contributed by atoms with van der Waals surface area (Å²) in [6.07, 6.45) is 2.70. The summed E-state index contributed by atoms with van der Waals surface area (Å²) in [4.78, 5) is 18.5. The van der Waals surface area contributed by atoms with Gasteiger partial charge in [0.2, 0.25) is 0 Å². The van der Waals surface area contributed by atoms with Gasteiger partial charge in [-0.25, -0.2) is 0 Å². The van der Waals surface area contributed by atoms with Crippen molar-refractivity contribution in [1.29, 1.82) is 0 Å². The predicted octanol–water partition coefficient (Wildman–Crippen LogP) is 5.32. The van der Waals surface area contributed by atoms with Crippen molar-refractivity contribution in [3.05, 3.63) is 77.6 Å². The number of anilines is 1. The van der Waals surface area contributed by atoms with Crippen LogP contribution < -0.4 is 4.90 Å². The van der Waals surface area contributed by atoms with E-state index < -0.39 is 5.60 Å². The van der Waals surface area contributed by atoms with Gasteiger partial charge >= 0.3 is 0 Å². The molecule has 0 bridgehead atoms. The molecule has 4 nitrogen and oxygen atoms in total. The maximum Gasteiger partial charge on any atom is 0.168 e. The molecule has 1 unspecified atom stereocenters. The van der Waals surface area contributed by atoms with Gasteiger partial charge in [0, 0.05) is 52.6 Å². The number of para-hydroxylation sites is 1. The summed E-state index contributed by atoms with van der Waals surface area (Å²) in [5.41, 5.74) is 3.51. The van der Waals surface area contributed by atoms with Gasteiger partial charge < -0.3 is 15.0 Å². The molecule has 0 fully saturated rings. The number of nitrogens with one attached hydrogen (secondary N) is 1. The standard InChI is InChI=1S/C25H28N2O2/c1-16(2)11-12-27-18(4)25(29,21-13-17(3)9-10-23(21)27)14-24(28)20-15-26-22-8-6-5-7-19(20)22/h5-10,13,15-16,26,29H,4,11-12,14H2,1-3H3. The number of aryl methyl sites for hydroxylation is 1. The van der Waals surface area contributed by atoms with Crippen molar-refractivity contribution in [3.63, 3.8) is 0 Å². The Labute approximate surface area is 171 Å². The average Bonchev–Trinajstić information content (AvgIpc) is 3.19. The van der Waals surface area contributed by atoms with Gasteiger partial charge in [0.15, 0.2) is 5.78 Å². The summed E-state index contributed by atoms with van der Waals surface area (Å²) in [6, 6.07) is 13.8. The molecule has 0 spiro atoms. The topological polar surface area (TPSA) is 56.3 Å². The average molecular weight is 389 g/mol. The van der Waals surface area contributed by atoms with Crippen LogP contribution in [0.25, 0.3) is 10.9 Å². The molecular weight excluding hydrogens is 360 g/mol. The highest BCUT2D eigenvalue weighted by Gasteiger charge is 2.46. The number of aliphatic hydroxyl groups is 1. The maximum atomic E-state index is 13.3. The number of H-pyrrole nitrogens is 1. The molecule has 0 amide bonds. The zero-order valence-electron chi connectivity index (χ0n) is 17.3. The molecule has 4 heteroatoms. The minimum absolute atomic E-state index is 0.0255. The molecule has 0 aliphatic carbocycles. The number of ketones is 1. The lowest BCUT2D eigenvalue weighted by Gasteiger charge is -2.28. The Balaban J connectivity index is 1.71. The molecular formula is C25H28N2O2. The molecule has 1 aliphatic rings. The first-order valence-corrected chi connectivity index (χ1v) is 10.2. The largest absolute Gasteiger partial charge is 0.378 e. The van der Waals surface area contributed by atoms with Crippen molar-refractivity contribution < 1.29 is 9.90 Å². The fourth-order valence-electron chi connectivity index (χ4n) is 4.21. The third kappa shape index (κ3) is 3.28. The van der Waals surface area contributed by atoms with Crippen LogP contribution in [0.4, 0.5) is 5.69 Å². The molecule has 2 N–H and O–H groups in total. The van der Waals surface area contributed by atoms with Gasteiger partial charge in [0.05, 0.1) is 0 Å². The zero-order chi connectivity index (χ0) is 20.8. The van der Waals surface area contributed by atoms with E-state index in [2.05, 4.69) is 30.3 Å². The number of benzene rings is 2. The number of nitrogens with zero attached hydrogens (tertiary/aromatic N) is 1. The number of aromatic nitrogens is 1.